The fraction of sp³-hybridized carbons (Fsp3) is 0.0909. The highest BCUT2D eigenvalue weighted by Gasteiger charge is 2.33. The minimum absolute atomic E-state index is 0.259. The fourth-order valence-electron chi connectivity index (χ4n) is 1.69. The van der Waals surface area contributed by atoms with Crippen LogP contribution in [0.1, 0.15) is 27.0 Å². The van der Waals surface area contributed by atoms with Crippen molar-refractivity contribution in [2.45, 2.75) is 6.10 Å². The molecule has 15 heavy (non-hydrogen) atoms. The second-order valence-corrected chi connectivity index (χ2v) is 4.17. The smallest absolute Gasteiger partial charge is 0.339 e. The Labute approximate surface area is 90.3 Å². The summed E-state index contributed by atoms with van der Waals surface area (Å²) in [6.07, 6.45) is 1.41. The molecule has 1 unspecified atom stereocenters. The summed E-state index contributed by atoms with van der Waals surface area (Å²) < 4.78 is 5.29. The molecule has 1 aliphatic heterocycles. The molecule has 0 radical (unpaired) electrons. The van der Waals surface area contributed by atoms with Crippen molar-refractivity contribution in [1.82, 2.24) is 4.98 Å². The first kappa shape index (κ1) is 8.61. The lowest BCUT2D eigenvalue weighted by Crippen LogP contribution is -1.99. The number of hydrogen-bond acceptors (Lipinski definition) is 4. The number of benzene rings is 1. The van der Waals surface area contributed by atoms with E-state index in [1.807, 2.05) is 23.6 Å². The van der Waals surface area contributed by atoms with Gasteiger partial charge in [-0.3, -0.25) is 0 Å². The first-order valence-corrected chi connectivity index (χ1v) is 5.43. The maximum atomic E-state index is 11.5. The molecule has 3 nitrogen and oxygen atoms in total. The van der Waals surface area contributed by atoms with Crippen LogP contribution in [0.4, 0.5) is 0 Å². The SMILES string of the molecule is O=C1OC(c2nccs2)c2ccccc21. The zero-order valence-electron chi connectivity index (χ0n) is 7.71. The Morgan fingerprint density at radius 1 is 1.33 bits per heavy atom. The molecule has 0 N–H and O–H groups in total. The van der Waals surface area contributed by atoms with Crippen LogP contribution in [0, 0.1) is 0 Å². The molecule has 0 amide bonds. The Hall–Kier alpha value is -1.68. The van der Waals surface area contributed by atoms with Crippen LogP contribution in [-0.4, -0.2) is 11.0 Å². The van der Waals surface area contributed by atoms with Gasteiger partial charge in [0.05, 0.1) is 5.56 Å². The molecule has 0 saturated heterocycles. The van der Waals surface area contributed by atoms with E-state index >= 15 is 0 Å². The Kier molecular flexibility index (Phi) is 1.82. The zero-order valence-corrected chi connectivity index (χ0v) is 8.53. The largest absolute Gasteiger partial charge is 0.446 e. The summed E-state index contributed by atoms with van der Waals surface area (Å²) in [4.78, 5) is 15.7. The molecule has 4 heteroatoms. The van der Waals surface area contributed by atoms with Gasteiger partial charge in [0.1, 0.15) is 5.01 Å². The van der Waals surface area contributed by atoms with Gasteiger partial charge >= 0.3 is 5.97 Å². The van der Waals surface area contributed by atoms with Crippen molar-refractivity contribution in [3.63, 3.8) is 0 Å². The van der Waals surface area contributed by atoms with Gasteiger partial charge < -0.3 is 4.74 Å². The van der Waals surface area contributed by atoms with Crippen LogP contribution in [0.25, 0.3) is 0 Å². The lowest BCUT2D eigenvalue weighted by atomic mass is 10.1. The normalized spacial score (nSPS) is 18.7. The maximum absolute atomic E-state index is 11.5. The average Bonchev–Trinajstić information content (AvgIpc) is 2.87. The highest BCUT2D eigenvalue weighted by atomic mass is 32.1. The standard InChI is InChI=1S/C11H7NO2S/c13-11-8-4-2-1-3-7(8)9(14-11)10-12-5-6-15-10/h1-6,9H. The molecule has 3 rings (SSSR count). The second kappa shape index (κ2) is 3.17. The molecule has 0 bridgehead atoms. The van der Waals surface area contributed by atoms with Crippen molar-refractivity contribution in [2.24, 2.45) is 0 Å². The average molecular weight is 217 g/mol. The molecular weight excluding hydrogens is 210 g/mol. The molecular formula is C11H7NO2S. The molecule has 0 spiro atoms. The van der Waals surface area contributed by atoms with Gasteiger partial charge in [0.15, 0.2) is 6.10 Å². The van der Waals surface area contributed by atoms with E-state index < -0.39 is 0 Å². The van der Waals surface area contributed by atoms with Crippen LogP contribution in [0.2, 0.25) is 0 Å². The molecule has 2 heterocycles. The van der Waals surface area contributed by atoms with Gasteiger partial charge in [-0.25, -0.2) is 9.78 Å². The molecule has 2 aromatic rings. The van der Waals surface area contributed by atoms with Gasteiger partial charge in [0, 0.05) is 17.1 Å². The third-order valence-corrected chi connectivity index (χ3v) is 3.18. The van der Waals surface area contributed by atoms with Crippen molar-refractivity contribution < 1.29 is 9.53 Å². The number of hydrogen-bond donors (Lipinski definition) is 0. The van der Waals surface area contributed by atoms with Gasteiger partial charge in [-0.1, -0.05) is 18.2 Å². The number of aromatic nitrogens is 1. The minimum atomic E-state index is -0.311. The van der Waals surface area contributed by atoms with Crippen molar-refractivity contribution >= 4 is 17.3 Å². The van der Waals surface area contributed by atoms with Crippen LogP contribution in [0.15, 0.2) is 35.8 Å². The van der Waals surface area contributed by atoms with Crippen LogP contribution in [0.5, 0.6) is 0 Å². The van der Waals surface area contributed by atoms with Crippen LogP contribution in [-0.2, 0) is 4.74 Å². The Bertz CT molecular complexity index is 507. The van der Waals surface area contributed by atoms with E-state index in [1.165, 1.54) is 11.3 Å². The van der Waals surface area contributed by atoms with Crippen molar-refractivity contribution in [2.75, 3.05) is 0 Å². The van der Waals surface area contributed by atoms with E-state index in [2.05, 4.69) is 4.98 Å². The van der Waals surface area contributed by atoms with Gasteiger partial charge in [0.25, 0.3) is 0 Å². The van der Waals surface area contributed by atoms with E-state index in [4.69, 9.17) is 4.74 Å². The lowest BCUT2D eigenvalue weighted by Gasteiger charge is -2.05. The molecule has 1 atom stereocenters. The number of ether oxygens (including phenoxy) is 1. The van der Waals surface area contributed by atoms with Gasteiger partial charge in [-0.05, 0) is 6.07 Å². The van der Waals surface area contributed by atoms with E-state index in [0.29, 0.717) is 5.56 Å². The van der Waals surface area contributed by atoms with Crippen LogP contribution in [0.3, 0.4) is 0 Å². The highest BCUT2D eigenvalue weighted by Crippen LogP contribution is 2.36. The molecule has 1 aliphatic rings. The number of nitrogens with zero attached hydrogens (tertiary/aromatic N) is 1. The molecule has 0 fully saturated rings. The van der Waals surface area contributed by atoms with Gasteiger partial charge in [-0.2, -0.15) is 0 Å². The van der Waals surface area contributed by atoms with E-state index in [1.54, 1.807) is 12.3 Å². The Morgan fingerprint density at radius 3 is 3.00 bits per heavy atom. The monoisotopic (exact) mass is 217 g/mol. The fourth-order valence-corrected chi connectivity index (χ4v) is 2.37. The number of esters is 1. The maximum Gasteiger partial charge on any atom is 0.339 e. The summed E-state index contributed by atoms with van der Waals surface area (Å²) in [5, 5.41) is 2.71. The number of rotatable bonds is 1. The summed E-state index contributed by atoms with van der Waals surface area (Å²) in [6, 6.07) is 7.43. The second-order valence-electron chi connectivity index (χ2n) is 3.24. The van der Waals surface area contributed by atoms with Crippen LogP contribution < -0.4 is 0 Å². The summed E-state index contributed by atoms with van der Waals surface area (Å²) in [6.45, 7) is 0. The van der Waals surface area contributed by atoms with E-state index in [9.17, 15) is 4.79 Å². The van der Waals surface area contributed by atoms with Gasteiger partial charge in [0.2, 0.25) is 0 Å². The lowest BCUT2D eigenvalue weighted by molar-refractivity contribution is 0.0455. The third-order valence-electron chi connectivity index (χ3n) is 2.36. The minimum Gasteiger partial charge on any atom is -0.446 e. The van der Waals surface area contributed by atoms with E-state index in [0.717, 1.165) is 10.6 Å². The third kappa shape index (κ3) is 1.26. The number of carbonyl (C=O) groups excluding carboxylic acids is 1. The molecule has 74 valence electrons. The van der Waals surface area contributed by atoms with Crippen LogP contribution >= 0.6 is 11.3 Å². The molecule has 1 aromatic heterocycles. The quantitative estimate of drug-likeness (QED) is 0.688. The first-order valence-electron chi connectivity index (χ1n) is 4.55. The number of thiazole rings is 1. The zero-order chi connectivity index (χ0) is 10.3. The predicted octanol–water partition coefficient (Wildman–Crippen LogP) is 2.40. The Balaban J connectivity index is 2.13. The molecule has 1 aromatic carbocycles. The van der Waals surface area contributed by atoms with Crippen molar-refractivity contribution in [1.29, 1.82) is 0 Å². The highest BCUT2D eigenvalue weighted by molar-refractivity contribution is 7.09. The van der Waals surface area contributed by atoms with E-state index in [-0.39, 0.29) is 12.1 Å². The summed E-state index contributed by atoms with van der Waals surface area (Å²) in [7, 11) is 0. The predicted molar refractivity (Wildman–Crippen MR) is 55.8 cm³/mol. The van der Waals surface area contributed by atoms with Crippen molar-refractivity contribution in [3.8, 4) is 0 Å². The molecule has 0 aliphatic carbocycles. The number of fused-ring (bicyclic) bond motifs is 1. The Morgan fingerprint density at radius 2 is 2.20 bits per heavy atom. The summed E-state index contributed by atoms with van der Waals surface area (Å²) in [5.74, 6) is -0.259. The van der Waals surface area contributed by atoms with Gasteiger partial charge in [-0.15, -0.1) is 11.3 Å². The summed E-state index contributed by atoms with van der Waals surface area (Å²) >= 11 is 1.50. The number of cyclic esters (lactones) is 1. The van der Waals surface area contributed by atoms with Crippen molar-refractivity contribution in [3.05, 3.63) is 52.0 Å². The molecule has 0 saturated carbocycles. The summed E-state index contributed by atoms with van der Waals surface area (Å²) in [5.41, 5.74) is 1.56. The topological polar surface area (TPSA) is 39.2 Å². The first-order chi connectivity index (χ1) is 7.36. The number of carbonyl (C=O) groups is 1.